The van der Waals surface area contributed by atoms with Crippen LogP contribution in [0.5, 0.6) is 0 Å². The van der Waals surface area contributed by atoms with Crippen LogP contribution in [0.15, 0.2) is 0 Å². The van der Waals surface area contributed by atoms with Crippen molar-refractivity contribution in [2.75, 3.05) is 66.2 Å². The van der Waals surface area contributed by atoms with Crippen molar-refractivity contribution in [2.45, 2.75) is 6.42 Å². The molecule has 0 saturated carbocycles. The minimum Gasteiger partial charge on any atom is -0.340 e. The molecule has 1 heterocycles. The Balaban J connectivity index is 2.46. The van der Waals surface area contributed by atoms with Crippen molar-refractivity contribution in [3.05, 3.63) is 0 Å². The summed E-state index contributed by atoms with van der Waals surface area (Å²) in [6.07, 6.45) is 1.44. The number of nitrogens with one attached hydrogen (secondary N) is 1. The lowest BCUT2D eigenvalue weighted by Crippen LogP contribution is -2.47. The molecule has 118 valence electrons. The highest BCUT2D eigenvalue weighted by Gasteiger charge is 2.21. The van der Waals surface area contributed by atoms with Gasteiger partial charge in [-0.15, -0.1) is 0 Å². The lowest BCUT2D eigenvalue weighted by Gasteiger charge is -2.28. The topological polar surface area (TPSA) is 73.0 Å². The van der Waals surface area contributed by atoms with E-state index in [-0.39, 0.29) is 18.9 Å². The molecule has 0 spiro atoms. The van der Waals surface area contributed by atoms with Crippen molar-refractivity contribution in [3.8, 4) is 0 Å². The van der Waals surface area contributed by atoms with Crippen LogP contribution in [0, 0.1) is 0 Å². The van der Waals surface area contributed by atoms with Gasteiger partial charge in [0.1, 0.15) is 0 Å². The monoisotopic (exact) mass is 306 g/mol. The molecule has 0 radical (unpaired) electrons. The second-order valence-electron chi connectivity index (χ2n) is 5.35. The van der Waals surface area contributed by atoms with E-state index in [0.29, 0.717) is 26.2 Å². The minimum atomic E-state index is -3.26. The van der Waals surface area contributed by atoms with E-state index in [4.69, 9.17) is 0 Å². The van der Waals surface area contributed by atoms with Crippen LogP contribution in [-0.2, 0) is 14.8 Å². The Kier molecular flexibility index (Phi) is 6.87. The van der Waals surface area contributed by atoms with Gasteiger partial charge < -0.3 is 15.1 Å². The average Bonchev–Trinajstić information content (AvgIpc) is 2.37. The van der Waals surface area contributed by atoms with Gasteiger partial charge in [-0.05, 0) is 14.1 Å². The molecule has 1 amide bonds. The molecular weight excluding hydrogens is 280 g/mol. The first-order valence-corrected chi connectivity index (χ1v) is 8.74. The number of piperazine rings is 1. The van der Waals surface area contributed by atoms with Crippen molar-refractivity contribution >= 4 is 15.9 Å². The van der Waals surface area contributed by atoms with Crippen molar-refractivity contribution in [1.82, 2.24) is 19.4 Å². The highest BCUT2D eigenvalue weighted by atomic mass is 32.2. The Morgan fingerprint density at radius 3 is 2.25 bits per heavy atom. The Labute approximate surface area is 121 Å². The Hall–Kier alpha value is -0.700. The van der Waals surface area contributed by atoms with Gasteiger partial charge in [0, 0.05) is 52.2 Å². The van der Waals surface area contributed by atoms with E-state index in [1.54, 1.807) is 4.90 Å². The smallest absolute Gasteiger partial charge is 0.223 e. The standard InChI is InChI=1S/C12H26N4O3S/c1-14(2)10-11-16(20(3,18)19)7-4-12(17)15-8-5-13-6-9-15/h13H,4-11H2,1-3H3. The molecular formula is C12H26N4O3S. The molecule has 7 nitrogen and oxygen atoms in total. The maximum atomic E-state index is 12.0. The van der Waals surface area contributed by atoms with Gasteiger partial charge in [-0.2, -0.15) is 0 Å². The van der Waals surface area contributed by atoms with Crippen LogP contribution in [0.1, 0.15) is 6.42 Å². The number of carbonyl (C=O) groups is 1. The molecule has 0 aromatic heterocycles. The molecule has 1 N–H and O–H groups in total. The van der Waals surface area contributed by atoms with Crippen LogP contribution >= 0.6 is 0 Å². The third-order valence-electron chi connectivity index (χ3n) is 3.31. The number of hydrogen-bond donors (Lipinski definition) is 1. The van der Waals surface area contributed by atoms with Gasteiger partial charge in [0.15, 0.2) is 0 Å². The summed E-state index contributed by atoms with van der Waals surface area (Å²) in [5, 5.41) is 3.19. The summed E-state index contributed by atoms with van der Waals surface area (Å²) in [6.45, 7) is 4.35. The molecule has 20 heavy (non-hydrogen) atoms. The normalized spacial score (nSPS) is 16.9. The van der Waals surface area contributed by atoms with Crippen molar-refractivity contribution in [1.29, 1.82) is 0 Å². The van der Waals surface area contributed by atoms with Gasteiger partial charge in [0.25, 0.3) is 0 Å². The summed E-state index contributed by atoms with van der Waals surface area (Å²) >= 11 is 0. The van der Waals surface area contributed by atoms with Gasteiger partial charge in [-0.3, -0.25) is 4.79 Å². The van der Waals surface area contributed by atoms with Crippen molar-refractivity contribution in [3.63, 3.8) is 0 Å². The lowest BCUT2D eigenvalue weighted by atomic mass is 10.3. The molecule has 8 heteroatoms. The quantitative estimate of drug-likeness (QED) is 0.628. The van der Waals surface area contributed by atoms with Crippen LogP contribution in [0.25, 0.3) is 0 Å². The van der Waals surface area contributed by atoms with Gasteiger partial charge in [-0.1, -0.05) is 0 Å². The van der Waals surface area contributed by atoms with E-state index in [0.717, 1.165) is 13.1 Å². The second kappa shape index (κ2) is 7.92. The summed E-state index contributed by atoms with van der Waals surface area (Å²) in [4.78, 5) is 15.8. The molecule has 0 aromatic rings. The van der Waals surface area contributed by atoms with Crippen molar-refractivity contribution < 1.29 is 13.2 Å². The zero-order chi connectivity index (χ0) is 15.2. The minimum absolute atomic E-state index is 0.0324. The van der Waals surface area contributed by atoms with Gasteiger partial charge in [0.2, 0.25) is 15.9 Å². The third kappa shape index (κ3) is 6.17. The molecule has 1 rings (SSSR count). The SMILES string of the molecule is CN(C)CCN(CCC(=O)N1CCNCC1)S(C)(=O)=O. The molecule has 0 bridgehead atoms. The number of nitrogens with zero attached hydrogens (tertiary/aromatic N) is 3. The molecule has 0 aromatic carbocycles. The Morgan fingerprint density at radius 1 is 1.15 bits per heavy atom. The fraction of sp³-hybridized carbons (Fsp3) is 0.917. The fourth-order valence-corrected chi connectivity index (χ4v) is 2.88. The first-order valence-electron chi connectivity index (χ1n) is 6.89. The second-order valence-corrected chi connectivity index (χ2v) is 7.33. The predicted octanol–water partition coefficient (Wildman–Crippen LogP) is -1.37. The number of sulfonamides is 1. The zero-order valence-electron chi connectivity index (χ0n) is 12.6. The van der Waals surface area contributed by atoms with Crippen LogP contribution in [0.3, 0.4) is 0 Å². The van der Waals surface area contributed by atoms with Gasteiger partial charge in [0.05, 0.1) is 6.26 Å². The number of hydrogen-bond acceptors (Lipinski definition) is 5. The number of likely N-dealkylation sites (N-methyl/N-ethyl adjacent to an activating group) is 1. The highest BCUT2D eigenvalue weighted by Crippen LogP contribution is 2.03. The van der Waals surface area contributed by atoms with Crippen molar-refractivity contribution in [2.24, 2.45) is 0 Å². The van der Waals surface area contributed by atoms with E-state index < -0.39 is 10.0 Å². The number of rotatable bonds is 7. The van der Waals surface area contributed by atoms with Gasteiger partial charge in [-0.25, -0.2) is 12.7 Å². The first kappa shape index (κ1) is 17.4. The summed E-state index contributed by atoms with van der Waals surface area (Å²) in [6, 6.07) is 0. The lowest BCUT2D eigenvalue weighted by molar-refractivity contribution is -0.131. The molecule has 1 saturated heterocycles. The summed E-state index contributed by atoms with van der Waals surface area (Å²) in [5.41, 5.74) is 0. The number of amides is 1. The Morgan fingerprint density at radius 2 is 1.75 bits per heavy atom. The summed E-state index contributed by atoms with van der Waals surface area (Å²) in [5.74, 6) is 0.0324. The van der Waals surface area contributed by atoms with E-state index in [1.165, 1.54) is 10.6 Å². The maximum absolute atomic E-state index is 12.0. The van der Waals surface area contributed by atoms with E-state index >= 15 is 0 Å². The molecule has 1 fully saturated rings. The zero-order valence-corrected chi connectivity index (χ0v) is 13.4. The number of carbonyl (C=O) groups excluding carboxylic acids is 1. The van der Waals surface area contributed by atoms with Crippen LogP contribution in [0.2, 0.25) is 0 Å². The molecule has 1 aliphatic heterocycles. The molecule has 0 aliphatic carbocycles. The van der Waals surface area contributed by atoms with E-state index in [9.17, 15) is 13.2 Å². The fourth-order valence-electron chi connectivity index (χ4n) is 2.05. The van der Waals surface area contributed by atoms with E-state index in [2.05, 4.69) is 5.32 Å². The molecule has 0 atom stereocenters. The third-order valence-corrected chi connectivity index (χ3v) is 4.61. The maximum Gasteiger partial charge on any atom is 0.223 e. The molecule has 1 aliphatic rings. The highest BCUT2D eigenvalue weighted by molar-refractivity contribution is 7.88. The Bertz CT molecular complexity index is 405. The largest absolute Gasteiger partial charge is 0.340 e. The predicted molar refractivity (Wildman–Crippen MR) is 79.0 cm³/mol. The summed E-state index contributed by atoms with van der Waals surface area (Å²) < 4.78 is 24.8. The molecule has 0 unspecified atom stereocenters. The van der Waals surface area contributed by atoms with Crippen LogP contribution < -0.4 is 5.32 Å². The van der Waals surface area contributed by atoms with Gasteiger partial charge >= 0.3 is 0 Å². The van der Waals surface area contributed by atoms with Crippen LogP contribution in [0.4, 0.5) is 0 Å². The van der Waals surface area contributed by atoms with E-state index in [1.807, 2.05) is 19.0 Å². The summed E-state index contributed by atoms with van der Waals surface area (Å²) in [7, 11) is 0.527. The first-order chi connectivity index (χ1) is 9.30. The average molecular weight is 306 g/mol. The van der Waals surface area contributed by atoms with Crippen LogP contribution in [-0.4, -0.2) is 94.6 Å².